The molecule has 0 aromatic heterocycles. The maximum absolute atomic E-state index is 15.0. The molecular formula is C29H32F8O2. The molecule has 0 atom stereocenters. The molecule has 0 spiro atoms. The van der Waals surface area contributed by atoms with Crippen LogP contribution in [0.15, 0.2) is 18.2 Å². The Morgan fingerprint density at radius 3 is 1.79 bits per heavy atom. The maximum atomic E-state index is 15.0. The molecule has 0 bridgehead atoms. The summed E-state index contributed by atoms with van der Waals surface area (Å²) in [6.45, 7) is 2.19. The molecule has 2 nitrogen and oxygen atoms in total. The van der Waals surface area contributed by atoms with Gasteiger partial charge in [-0.25, -0.2) is 22.0 Å². The summed E-state index contributed by atoms with van der Waals surface area (Å²) in [7, 11) is 0. The quantitative estimate of drug-likeness (QED) is 0.235. The highest BCUT2D eigenvalue weighted by Gasteiger charge is 2.36. The van der Waals surface area contributed by atoms with Crippen molar-refractivity contribution in [3.05, 3.63) is 52.8 Å². The monoisotopic (exact) mass is 564 g/mol. The van der Waals surface area contributed by atoms with Crippen LogP contribution >= 0.6 is 0 Å². The molecule has 0 radical (unpaired) electrons. The number of benzene rings is 2. The van der Waals surface area contributed by atoms with Gasteiger partial charge in [0.15, 0.2) is 34.8 Å². The van der Waals surface area contributed by atoms with Crippen molar-refractivity contribution >= 4 is 0 Å². The SMILES string of the molecule is CCCCC1CCC(C2CCC(c3c(F)c(F)cc(F)c3Oc3cc(F)c(OC(F)(F)F)c(F)c3)CC2)CC1. The van der Waals surface area contributed by atoms with Crippen LogP contribution in [0.5, 0.6) is 17.2 Å². The molecule has 0 heterocycles. The van der Waals surface area contributed by atoms with Gasteiger partial charge >= 0.3 is 6.36 Å². The zero-order valence-corrected chi connectivity index (χ0v) is 21.7. The van der Waals surface area contributed by atoms with Crippen LogP contribution in [0.3, 0.4) is 0 Å². The van der Waals surface area contributed by atoms with E-state index in [0.29, 0.717) is 36.8 Å². The Kier molecular flexibility index (Phi) is 9.32. The molecule has 2 saturated carbocycles. The third-order valence-electron chi connectivity index (χ3n) is 8.27. The first-order valence-electron chi connectivity index (χ1n) is 13.6. The van der Waals surface area contributed by atoms with Crippen LogP contribution in [-0.2, 0) is 0 Å². The number of ether oxygens (including phenoxy) is 2. The van der Waals surface area contributed by atoms with Crippen molar-refractivity contribution in [2.24, 2.45) is 17.8 Å². The summed E-state index contributed by atoms with van der Waals surface area (Å²) in [5.74, 6) is -9.52. The molecule has 0 saturated heterocycles. The number of hydrogen-bond donors (Lipinski definition) is 0. The smallest absolute Gasteiger partial charge is 0.454 e. The lowest BCUT2D eigenvalue weighted by Gasteiger charge is -2.38. The van der Waals surface area contributed by atoms with Crippen molar-refractivity contribution in [1.82, 2.24) is 0 Å². The Labute approximate surface area is 222 Å². The van der Waals surface area contributed by atoms with Gasteiger partial charge in [-0.2, -0.15) is 0 Å². The molecule has 4 rings (SSSR count). The van der Waals surface area contributed by atoms with E-state index in [2.05, 4.69) is 11.7 Å². The van der Waals surface area contributed by atoms with Crippen molar-refractivity contribution in [3.63, 3.8) is 0 Å². The highest BCUT2D eigenvalue weighted by atomic mass is 19.4. The van der Waals surface area contributed by atoms with Crippen molar-refractivity contribution in [3.8, 4) is 17.2 Å². The van der Waals surface area contributed by atoms with E-state index >= 15 is 4.39 Å². The molecular weight excluding hydrogens is 532 g/mol. The molecule has 0 N–H and O–H groups in total. The normalized spacial score (nSPS) is 24.0. The summed E-state index contributed by atoms with van der Waals surface area (Å²) in [6.07, 6.45) is 5.44. The number of unbranched alkanes of at least 4 members (excludes halogenated alkanes) is 1. The van der Waals surface area contributed by atoms with E-state index in [1.807, 2.05) is 0 Å². The minimum absolute atomic E-state index is 0.268. The lowest BCUT2D eigenvalue weighted by Crippen LogP contribution is -2.26. The molecule has 216 valence electrons. The Hall–Kier alpha value is -2.52. The minimum atomic E-state index is -5.35. The van der Waals surface area contributed by atoms with Crippen LogP contribution in [-0.4, -0.2) is 6.36 Å². The van der Waals surface area contributed by atoms with E-state index in [1.54, 1.807) is 0 Å². The average Bonchev–Trinajstić information content (AvgIpc) is 2.88. The number of rotatable bonds is 8. The van der Waals surface area contributed by atoms with Gasteiger partial charge in [0.25, 0.3) is 0 Å². The maximum Gasteiger partial charge on any atom is 0.573 e. The van der Waals surface area contributed by atoms with E-state index in [-0.39, 0.29) is 11.6 Å². The molecule has 2 aliphatic carbocycles. The fourth-order valence-corrected chi connectivity index (χ4v) is 6.31. The third kappa shape index (κ3) is 7.17. The second kappa shape index (κ2) is 12.3. The van der Waals surface area contributed by atoms with Gasteiger partial charge in [-0.3, -0.25) is 0 Å². The Balaban J connectivity index is 1.49. The lowest BCUT2D eigenvalue weighted by atomic mass is 9.68. The topological polar surface area (TPSA) is 18.5 Å². The van der Waals surface area contributed by atoms with Gasteiger partial charge in [0.1, 0.15) is 5.75 Å². The number of halogens is 8. The van der Waals surface area contributed by atoms with Crippen molar-refractivity contribution in [2.75, 3.05) is 0 Å². The molecule has 2 aromatic carbocycles. The van der Waals surface area contributed by atoms with Crippen molar-refractivity contribution in [1.29, 1.82) is 0 Å². The molecule has 39 heavy (non-hydrogen) atoms. The van der Waals surface area contributed by atoms with Gasteiger partial charge in [0.05, 0.1) is 0 Å². The first-order valence-corrected chi connectivity index (χ1v) is 13.6. The van der Waals surface area contributed by atoms with Crippen LogP contribution in [0.2, 0.25) is 0 Å². The average molecular weight is 565 g/mol. The van der Waals surface area contributed by atoms with Gasteiger partial charge in [-0.05, 0) is 62.2 Å². The second-order valence-electron chi connectivity index (χ2n) is 10.8. The molecule has 2 aliphatic rings. The highest BCUT2D eigenvalue weighted by Crippen LogP contribution is 2.48. The van der Waals surface area contributed by atoms with Crippen LogP contribution in [0.25, 0.3) is 0 Å². The second-order valence-corrected chi connectivity index (χ2v) is 10.8. The Morgan fingerprint density at radius 2 is 1.26 bits per heavy atom. The standard InChI is InChI=1S/C29H32F8O2/c1-2-3-4-16-5-7-17(8-6-16)18-9-11-19(12-10-18)25-26(34)21(30)15-24(33)28(25)38-20-13-22(31)27(23(32)14-20)39-29(35,36)37/h13-19H,2-12H2,1H3. The van der Waals surface area contributed by atoms with Gasteiger partial charge < -0.3 is 9.47 Å². The zero-order valence-electron chi connectivity index (χ0n) is 21.7. The first-order chi connectivity index (χ1) is 18.5. The van der Waals surface area contributed by atoms with Crippen LogP contribution in [0.1, 0.15) is 89.0 Å². The predicted octanol–water partition coefficient (Wildman–Crippen LogP) is 10.3. The summed E-state index contributed by atoms with van der Waals surface area (Å²) >= 11 is 0. The summed E-state index contributed by atoms with van der Waals surface area (Å²) in [6, 6.07) is 0.995. The van der Waals surface area contributed by atoms with Gasteiger partial charge in [-0.1, -0.05) is 39.0 Å². The molecule has 2 fully saturated rings. The van der Waals surface area contributed by atoms with Gasteiger partial charge in [0.2, 0.25) is 5.75 Å². The number of alkyl halides is 3. The summed E-state index contributed by atoms with van der Waals surface area (Å²) < 4.78 is 118. The molecule has 0 aliphatic heterocycles. The van der Waals surface area contributed by atoms with Crippen LogP contribution in [0, 0.1) is 46.8 Å². The number of hydrogen-bond acceptors (Lipinski definition) is 2. The molecule has 0 unspecified atom stereocenters. The van der Waals surface area contributed by atoms with E-state index in [0.717, 1.165) is 31.6 Å². The fraction of sp³-hybridized carbons (Fsp3) is 0.586. The zero-order chi connectivity index (χ0) is 28.3. The van der Waals surface area contributed by atoms with E-state index in [1.165, 1.54) is 32.1 Å². The highest BCUT2D eigenvalue weighted by molar-refractivity contribution is 5.44. The molecule has 2 aromatic rings. The minimum Gasteiger partial charge on any atom is -0.454 e. The Morgan fingerprint density at radius 1 is 0.718 bits per heavy atom. The largest absolute Gasteiger partial charge is 0.573 e. The van der Waals surface area contributed by atoms with Crippen molar-refractivity contribution < 1.29 is 44.6 Å². The van der Waals surface area contributed by atoms with Crippen LogP contribution < -0.4 is 9.47 Å². The fourth-order valence-electron chi connectivity index (χ4n) is 6.31. The summed E-state index contributed by atoms with van der Waals surface area (Å²) in [5, 5.41) is 0. The van der Waals surface area contributed by atoms with E-state index in [4.69, 9.17) is 4.74 Å². The summed E-state index contributed by atoms with van der Waals surface area (Å²) in [5.41, 5.74) is -0.370. The molecule has 0 amide bonds. The van der Waals surface area contributed by atoms with E-state index in [9.17, 15) is 30.7 Å². The summed E-state index contributed by atoms with van der Waals surface area (Å²) in [4.78, 5) is 0. The van der Waals surface area contributed by atoms with Gasteiger partial charge in [0, 0.05) is 23.8 Å². The lowest BCUT2D eigenvalue weighted by molar-refractivity contribution is -0.276. The van der Waals surface area contributed by atoms with Crippen LogP contribution in [0.4, 0.5) is 35.1 Å². The van der Waals surface area contributed by atoms with Gasteiger partial charge in [-0.15, -0.1) is 13.2 Å². The third-order valence-corrected chi connectivity index (χ3v) is 8.27. The van der Waals surface area contributed by atoms with E-state index < -0.39 is 58.6 Å². The molecule has 10 heteroatoms. The Bertz CT molecular complexity index is 1110. The first kappa shape index (κ1) is 29.5. The predicted molar refractivity (Wildman–Crippen MR) is 129 cm³/mol. The van der Waals surface area contributed by atoms with Crippen molar-refractivity contribution in [2.45, 2.75) is 89.8 Å².